The van der Waals surface area contributed by atoms with Crippen LogP contribution in [0.15, 0.2) is 4.99 Å². The Labute approximate surface area is 154 Å². The Bertz CT molecular complexity index is 554. The molecule has 0 spiro atoms. The lowest BCUT2D eigenvalue weighted by Gasteiger charge is -2.55. The van der Waals surface area contributed by atoms with E-state index in [4.69, 9.17) is 4.74 Å². The van der Waals surface area contributed by atoms with Gasteiger partial charge in [0.1, 0.15) is 0 Å². The van der Waals surface area contributed by atoms with Gasteiger partial charge in [-0.3, -0.25) is 4.99 Å². The maximum absolute atomic E-state index is 11.9. The van der Waals surface area contributed by atoms with Crippen LogP contribution in [-0.4, -0.2) is 57.2 Å². The molecule has 0 aromatic rings. The minimum absolute atomic E-state index is 0.110. The fraction of sp³-hybridized carbons (Fsp3) is 0.944. The molecule has 7 heteroatoms. The average molecular weight is 376 g/mol. The lowest BCUT2D eigenvalue weighted by Crippen LogP contribution is -2.65. The van der Waals surface area contributed by atoms with Gasteiger partial charge in [-0.05, 0) is 47.0 Å². The molecule has 0 aromatic carbocycles. The van der Waals surface area contributed by atoms with Gasteiger partial charge in [-0.15, -0.1) is 0 Å². The van der Waals surface area contributed by atoms with Gasteiger partial charge in [0.05, 0.1) is 17.4 Å². The fourth-order valence-corrected chi connectivity index (χ4v) is 3.75. The van der Waals surface area contributed by atoms with Crippen molar-refractivity contribution >= 4 is 15.8 Å². The molecule has 2 unspecified atom stereocenters. The van der Waals surface area contributed by atoms with Crippen LogP contribution >= 0.6 is 0 Å². The molecule has 1 aliphatic carbocycles. The molecule has 2 N–H and O–H groups in total. The number of hydrogen-bond acceptors (Lipinski definition) is 4. The van der Waals surface area contributed by atoms with Crippen molar-refractivity contribution in [3.05, 3.63) is 0 Å². The highest BCUT2D eigenvalue weighted by atomic mass is 32.2. The second-order valence-electron chi connectivity index (χ2n) is 7.54. The lowest BCUT2D eigenvalue weighted by molar-refractivity contribution is -0.133. The Morgan fingerprint density at radius 2 is 1.84 bits per heavy atom. The number of guanidine groups is 1. The topological polar surface area (TPSA) is 79.8 Å². The molecule has 148 valence electrons. The molecule has 0 bridgehead atoms. The molecule has 0 radical (unpaired) electrons. The SMILES string of the molecule is CCNC(=NCC(C)(C)S(C)(=O)=O)NC1CC(OCC)C1(CC)CC. The first-order chi connectivity index (χ1) is 11.6. The molecular weight excluding hydrogens is 338 g/mol. The molecule has 0 saturated heterocycles. The average Bonchev–Trinajstić information content (AvgIpc) is 2.51. The van der Waals surface area contributed by atoms with Crippen LogP contribution in [0.4, 0.5) is 0 Å². The monoisotopic (exact) mass is 375 g/mol. The van der Waals surface area contributed by atoms with Gasteiger partial charge in [0, 0.05) is 30.9 Å². The second-order valence-corrected chi connectivity index (χ2v) is 10.2. The van der Waals surface area contributed by atoms with Crippen molar-refractivity contribution in [3.8, 4) is 0 Å². The number of hydrogen-bond donors (Lipinski definition) is 2. The Hall–Kier alpha value is -0.820. The first-order valence-electron chi connectivity index (χ1n) is 9.44. The normalized spacial score (nSPS) is 23.9. The van der Waals surface area contributed by atoms with Gasteiger partial charge in [-0.2, -0.15) is 0 Å². The zero-order valence-electron chi connectivity index (χ0n) is 17.0. The third-order valence-corrected chi connectivity index (χ3v) is 7.88. The smallest absolute Gasteiger partial charge is 0.191 e. The van der Waals surface area contributed by atoms with Gasteiger partial charge >= 0.3 is 0 Å². The maximum atomic E-state index is 11.9. The summed E-state index contributed by atoms with van der Waals surface area (Å²) in [6, 6.07) is 0.290. The van der Waals surface area contributed by atoms with Gasteiger partial charge in [0.2, 0.25) is 0 Å². The maximum Gasteiger partial charge on any atom is 0.191 e. The number of rotatable bonds is 9. The van der Waals surface area contributed by atoms with E-state index in [9.17, 15) is 8.42 Å². The van der Waals surface area contributed by atoms with E-state index in [2.05, 4.69) is 29.5 Å². The molecule has 6 nitrogen and oxygen atoms in total. The lowest BCUT2D eigenvalue weighted by atomic mass is 9.58. The predicted octanol–water partition coefficient (Wildman–Crippen LogP) is 2.35. The van der Waals surface area contributed by atoms with E-state index in [1.807, 2.05) is 13.8 Å². The van der Waals surface area contributed by atoms with E-state index >= 15 is 0 Å². The summed E-state index contributed by atoms with van der Waals surface area (Å²) in [7, 11) is -3.16. The highest BCUT2D eigenvalue weighted by molar-refractivity contribution is 7.92. The predicted molar refractivity (Wildman–Crippen MR) is 105 cm³/mol. The summed E-state index contributed by atoms with van der Waals surface area (Å²) < 4.78 is 28.8. The Balaban J connectivity index is 2.89. The molecule has 0 aromatic heterocycles. The molecule has 25 heavy (non-hydrogen) atoms. The van der Waals surface area contributed by atoms with E-state index in [0.717, 1.165) is 32.4 Å². The van der Waals surface area contributed by atoms with Gasteiger partial charge in [-0.25, -0.2) is 8.42 Å². The molecule has 1 aliphatic rings. The summed E-state index contributed by atoms with van der Waals surface area (Å²) in [5.41, 5.74) is 0.110. The first kappa shape index (κ1) is 22.2. The molecule has 0 amide bonds. The van der Waals surface area contributed by atoms with Crippen LogP contribution in [0.5, 0.6) is 0 Å². The third-order valence-electron chi connectivity index (χ3n) is 5.75. The number of ether oxygens (including phenoxy) is 1. The summed E-state index contributed by atoms with van der Waals surface area (Å²) >= 11 is 0. The van der Waals surface area contributed by atoms with Gasteiger partial charge in [-0.1, -0.05) is 13.8 Å². The Morgan fingerprint density at radius 3 is 2.28 bits per heavy atom. The van der Waals surface area contributed by atoms with Crippen molar-refractivity contribution in [1.82, 2.24) is 10.6 Å². The van der Waals surface area contributed by atoms with Gasteiger partial charge in [0.15, 0.2) is 15.8 Å². The zero-order chi connectivity index (χ0) is 19.3. The van der Waals surface area contributed by atoms with Crippen LogP contribution in [0.1, 0.15) is 60.8 Å². The first-order valence-corrected chi connectivity index (χ1v) is 11.3. The summed E-state index contributed by atoms with van der Waals surface area (Å²) in [6.45, 7) is 13.6. The largest absolute Gasteiger partial charge is 0.378 e. The molecule has 1 saturated carbocycles. The summed E-state index contributed by atoms with van der Waals surface area (Å²) in [4.78, 5) is 4.55. The van der Waals surface area contributed by atoms with E-state index < -0.39 is 14.6 Å². The number of nitrogens with zero attached hydrogens (tertiary/aromatic N) is 1. The van der Waals surface area contributed by atoms with Crippen LogP contribution < -0.4 is 10.6 Å². The van der Waals surface area contributed by atoms with E-state index in [0.29, 0.717) is 5.96 Å². The highest BCUT2D eigenvalue weighted by Crippen LogP contribution is 2.48. The van der Waals surface area contributed by atoms with Crippen molar-refractivity contribution in [2.24, 2.45) is 10.4 Å². The van der Waals surface area contributed by atoms with Crippen molar-refractivity contribution < 1.29 is 13.2 Å². The molecule has 0 heterocycles. The Kier molecular flexibility index (Phi) is 7.74. The summed E-state index contributed by atoms with van der Waals surface area (Å²) in [5.74, 6) is 0.686. The summed E-state index contributed by atoms with van der Waals surface area (Å²) in [6.07, 6.45) is 4.58. The van der Waals surface area contributed by atoms with Crippen LogP contribution in [0.2, 0.25) is 0 Å². The Morgan fingerprint density at radius 1 is 1.24 bits per heavy atom. The fourth-order valence-electron chi connectivity index (χ4n) is 3.46. The van der Waals surface area contributed by atoms with Crippen molar-refractivity contribution in [2.45, 2.75) is 77.7 Å². The molecule has 0 aliphatic heterocycles. The van der Waals surface area contributed by atoms with Crippen LogP contribution in [0.3, 0.4) is 0 Å². The second kappa shape index (κ2) is 8.71. The standard InChI is InChI=1S/C18H37N3O3S/c1-8-18(9-2)14(12-15(18)24-11-4)21-16(19-10-3)20-13-17(5,6)25(7,22)23/h14-15H,8-13H2,1-7H3,(H2,19,20,21). The van der Waals surface area contributed by atoms with E-state index in [1.165, 1.54) is 6.26 Å². The number of nitrogens with one attached hydrogen (secondary N) is 2. The molecular formula is C18H37N3O3S. The van der Waals surface area contributed by atoms with E-state index in [1.54, 1.807) is 13.8 Å². The number of aliphatic imine (C=N–C) groups is 1. The molecule has 2 atom stereocenters. The zero-order valence-corrected chi connectivity index (χ0v) is 17.8. The van der Waals surface area contributed by atoms with Crippen molar-refractivity contribution in [2.75, 3.05) is 26.0 Å². The molecule has 1 fully saturated rings. The van der Waals surface area contributed by atoms with Crippen LogP contribution in [0.25, 0.3) is 0 Å². The van der Waals surface area contributed by atoms with Crippen molar-refractivity contribution in [1.29, 1.82) is 0 Å². The summed E-state index contributed by atoms with van der Waals surface area (Å²) in [5, 5.41) is 6.77. The minimum atomic E-state index is -3.16. The van der Waals surface area contributed by atoms with Gasteiger partial charge < -0.3 is 15.4 Å². The van der Waals surface area contributed by atoms with Crippen molar-refractivity contribution in [3.63, 3.8) is 0 Å². The van der Waals surface area contributed by atoms with Crippen LogP contribution in [0, 0.1) is 5.41 Å². The third kappa shape index (κ3) is 4.88. The van der Waals surface area contributed by atoms with Crippen LogP contribution in [-0.2, 0) is 14.6 Å². The number of sulfone groups is 1. The molecule has 1 rings (SSSR count). The quantitative estimate of drug-likeness (QED) is 0.478. The minimum Gasteiger partial charge on any atom is -0.378 e. The highest BCUT2D eigenvalue weighted by Gasteiger charge is 2.53. The van der Waals surface area contributed by atoms with Gasteiger partial charge in [0.25, 0.3) is 0 Å². The van der Waals surface area contributed by atoms with E-state index in [-0.39, 0.29) is 24.1 Å².